The summed E-state index contributed by atoms with van der Waals surface area (Å²) in [5.74, 6) is 0.457. The fraction of sp³-hybridized carbons (Fsp3) is 0.500. The summed E-state index contributed by atoms with van der Waals surface area (Å²) in [6.07, 6.45) is 2.10. The second kappa shape index (κ2) is 4.05. The summed E-state index contributed by atoms with van der Waals surface area (Å²) in [5.41, 5.74) is 2.13. The molecule has 2 N–H and O–H groups in total. The van der Waals surface area contributed by atoms with E-state index in [9.17, 15) is 9.59 Å². The molecule has 0 aliphatic heterocycles. The number of carbonyl (C=O) groups is 1. The van der Waals surface area contributed by atoms with Gasteiger partial charge in [-0.15, -0.1) is 0 Å². The molecule has 86 valence electrons. The molecule has 0 unspecified atom stereocenters. The van der Waals surface area contributed by atoms with Crippen LogP contribution in [-0.4, -0.2) is 23.0 Å². The average Bonchev–Trinajstić information content (AvgIpc) is 2.99. The molecular formula is C10H13N3O3. The summed E-state index contributed by atoms with van der Waals surface area (Å²) >= 11 is 0. The van der Waals surface area contributed by atoms with Crippen molar-refractivity contribution in [3.63, 3.8) is 0 Å². The van der Waals surface area contributed by atoms with Gasteiger partial charge in [0.25, 0.3) is 11.5 Å². The van der Waals surface area contributed by atoms with E-state index in [4.69, 9.17) is 0 Å². The number of aromatic nitrogens is 2. The van der Waals surface area contributed by atoms with Gasteiger partial charge >= 0.3 is 0 Å². The van der Waals surface area contributed by atoms with Gasteiger partial charge in [-0.1, -0.05) is 0 Å². The van der Waals surface area contributed by atoms with Gasteiger partial charge in [0.2, 0.25) is 0 Å². The molecule has 0 radical (unpaired) electrons. The zero-order valence-corrected chi connectivity index (χ0v) is 9.16. The Morgan fingerprint density at radius 1 is 1.56 bits per heavy atom. The van der Waals surface area contributed by atoms with Crippen molar-refractivity contribution in [1.29, 1.82) is 0 Å². The maximum absolute atomic E-state index is 11.7. The molecule has 0 spiro atoms. The van der Waals surface area contributed by atoms with Gasteiger partial charge in [-0.25, -0.2) is 10.5 Å². The number of amides is 1. The second-order valence-electron chi connectivity index (χ2n) is 3.82. The van der Waals surface area contributed by atoms with Crippen molar-refractivity contribution in [1.82, 2.24) is 15.4 Å². The van der Waals surface area contributed by atoms with Crippen LogP contribution in [0.2, 0.25) is 0 Å². The molecule has 6 heteroatoms. The zero-order valence-electron chi connectivity index (χ0n) is 9.16. The van der Waals surface area contributed by atoms with Gasteiger partial charge in [-0.2, -0.15) is 0 Å². The van der Waals surface area contributed by atoms with Crippen LogP contribution in [-0.2, 0) is 4.84 Å². The second-order valence-corrected chi connectivity index (χ2v) is 3.82. The van der Waals surface area contributed by atoms with Gasteiger partial charge in [0.1, 0.15) is 11.4 Å². The fourth-order valence-electron chi connectivity index (χ4n) is 1.57. The monoisotopic (exact) mass is 223 g/mol. The molecule has 0 aromatic carbocycles. The van der Waals surface area contributed by atoms with E-state index in [-0.39, 0.29) is 5.56 Å². The molecule has 1 saturated carbocycles. The predicted octanol–water partition coefficient (Wildman–Crippen LogP) is 0.247. The number of carbonyl (C=O) groups excluding carboxylic acids is 1. The number of hydrogen-bond acceptors (Lipinski definition) is 4. The van der Waals surface area contributed by atoms with Gasteiger partial charge in [0, 0.05) is 5.92 Å². The minimum Gasteiger partial charge on any atom is -0.310 e. The van der Waals surface area contributed by atoms with Crippen molar-refractivity contribution < 1.29 is 9.63 Å². The third-order valence-corrected chi connectivity index (χ3v) is 2.50. The Bertz CT molecular complexity index is 477. The van der Waals surface area contributed by atoms with Gasteiger partial charge in [-0.05, 0) is 19.8 Å². The molecule has 6 nitrogen and oxygen atoms in total. The van der Waals surface area contributed by atoms with Crippen LogP contribution in [0.1, 0.15) is 40.6 Å². The van der Waals surface area contributed by atoms with Crippen LogP contribution in [0, 0.1) is 6.92 Å². The number of rotatable bonds is 3. The Morgan fingerprint density at radius 3 is 2.75 bits per heavy atom. The van der Waals surface area contributed by atoms with Crippen LogP contribution < -0.4 is 11.0 Å². The van der Waals surface area contributed by atoms with Crippen LogP contribution >= 0.6 is 0 Å². The van der Waals surface area contributed by atoms with E-state index < -0.39 is 11.5 Å². The molecule has 2 rings (SSSR count). The molecule has 1 aromatic heterocycles. The topological polar surface area (TPSA) is 84.1 Å². The number of nitrogens with zero attached hydrogens (tertiary/aromatic N) is 1. The summed E-state index contributed by atoms with van der Waals surface area (Å²) < 4.78 is 0. The molecule has 1 aliphatic carbocycles. The van der Waals surface area contributed by atoms with E-state index in [0.29, 0.717) is 17.4 Å². The SMILES string of the molecule is CONC(=O)c1c(C)nc(C2CC2)[nH]c1=O. The summed E-state index contributed by atoms with van der Waals surface area (Å²) in [6, 6.07) is 0. The Hall–Kier alpha value is -1.69. The van der Waals surface area contributed by atoms with Gasteiger partial charge in [0.05, 0.1) is 12.8 Å². The summed E-state index contributed by atoms with van der Waals surface area (Å²) in [6.45, 7) is 1.64. The summed E-state index contributed by atoms with van der Waals surface area (Å²) in [4.78, 5) is 34.5. The fourth-order valence-corrected chi connectivity index (χ4v) is 1.57. The largest absolute Gasteiger partial charge is 0.310 e. The molecule has 0 bridgehead atoms. The standard InChI is InChI=1S/C10H13N3O3/c1-5-7(10(15)13-16-2)9(14)12-8(11-5)6-3-4-6/h6H,3-4H2,1-2H3,(H,13,15)(H,11,12,14). The van der Waals surface area contributed by atoms with Crippen molar-refractivity contribution in [2.24, 2.45) is 0 Å². The highest BCUT2D eigenvalue weighted by Crippen LogP contribution is 2.37. The zero-order chi connectivity index (χ0) is 11.7. The first-order valence-electron chi connectivity index (χ1n) is 5.07. The molecule has 1 fully saturated rings. The Morgan fingerprint density at radius 2 is 2.25 bits per heavy atom. The lowest BCUT2D eigenvalue weighted by molar-refractivity contribution is 0.0534. The first-order chi connectivity index (χ1) is 7.63. The highest BCUT2D eigenvalue weighted by Gasteiger charge is 2.27. The molecule has 1 aliphatic rings. The molecule has 16 heavy (non-hydrogen) atoms. The molecule has 1 amide bonds. The Labute approximate surface area is 92.0 Å². The summed E-state index contributed by atoms with van der Waals surface area (Å²) in [5, 5.41) is 0. The first-order valence-corrected chi connectivity index (χ1v) is 5.07. The molecule has 0 saturated heterocycles. The predicted molar refractivity (Wildman–Crippen MR) is 56.0 cm³/mol. The Kier molecular flexibility index (Phi) is 2.74. The maximum Gasteiger partial charge on any atom is 0.282 e. The molecule has 1 aromatic rings. The number of aromatic amines is 1. The average molecular weight is 223 g/mol. The highest BCUT2D eigenvalue weighted by atomic mass is 16.6. The van der Waals surface area contributed by atoms with Gasteiger partial charge in [-0.3, -0.25) is 14.4 Å². The van der Waals surface area contributed by atoms with Gasteiger partial charge in [0.15, 0.2) is 0 Å². The number of H-pyrrole nitrogens is 1. The highest BCUT2D eigenvalue weighted by molar-refractivity contribution is 5.94. The van der Waals surface area contributed by atoms with E-state index >= 15 is 0 Å². The third kappa shape index (κ3) is 1.96. The van der Waals surface area contributed by atoms with Crippen molar-refractivity contribution in [2.75, 3.05) is 7.11 Å². The van der Waals surface area contributed by atoms with Crippen molar-refractivity contribution >= 4 is 5.91 Å². The van der Waals surface area contributed by atoms with Crippen molar-refractivity contribution in [2.45, 2.75) is 25.7 Å². The number of hydroxylamine groups is 1. The van der Waals surface area contributed by atoms with Crippen LogP contribution in [0.25, 0.3) is 0 Å². The van der Waals surface area contributed by atoms with E-state index in [2.05, 4.69) is 20.3 Å². The minimum absolute atomic E-state index is 0.00579. The summed E-state index contributed by atoms with van der Waals surface area (Å²) in [7, 11) is 1.31. The smallest absolute Gasteiger partial charge is 0.282 e. The normalized spacial score (nSPS) is 14.9. The molecular weight excluding hydrogens is 210 g/mol. The van der Waals surface area contributed by atoms with E-state index in [1.54, 1.807) is 6.92 Å². The maximum atomic E-state index is 11.7. The number of hydrogen-bond donors (Lipinski definition) is 2. The lowest BCUT2D eigenvalue weighted by Crippen LogP contribution is -2.31. The number of aryl methyl sites for hydroxylation is 1. The van der Waals surface area contributed by atoms with Crippen molar-refractivity contribution in [3.05, 3.63) is 27.4 Å². The van der Waals surface area contributed by atoms with Crippen LogP contribution in [0.4, 0.5) is 0 Å². The van der Waals surface area contributed by atoms with Crippen LogP contribution in [0.5, 0.6) is 0 Å². The Balaban J connectivity index is 2.38. The number of nitrogens with one attached hydrogen (secondary N) is 2. The molecule has 1 heterocycles. The minimum atomic E-state index is -0.573. The van der Waals surface area contributed by atoms with Crippen molar-refractivity contribution in [3.8, 4) is 0 Å². The molecule has 0 atom stereocenters. The van der Waals surface area contributed by atoms with Crippen LogP contribution in [0.3, 0.4) is 0 Å². The van der Waals surface area contributed by atoms with E-state index in [0.717, 1.165) is 12.8 Å². The quantitative estimate of drug-likeness (QED) is 0.719. The van der Waals surface area contributed by atoms with E-state index in [1.807, 2.05) is 0 Å². The third-order valence-electron chi connectivity index (χ3n) is 2.50. The lowest BCUT2D eigenvalue weighted by Gasteiger charge is -2.05. The first kappa shape index (κ1) is 10.8. The van der Waals surface area contributed by atoms with Gasteiger partial charge < -0.3 is 4.98 Å². The lowest BCUT2D eigenvalue weighted by atomic mass is 10.2. The van der Waals surface area contributed by atoms with E-state index in [1.165, 1.54) is 7.11 Å². The van der Waals surface area contributed by atoms with Crippen LogP contribution in [0.15, 0.2) is 4.79 Å².